The van der Waals surface area contributed by atoms with E-state index in [9.17, 15) is 14.7 Å². The lowest BCUT2D eigenvalue weighted by Crippen LogP contribution is -2.19. The smallest absolute Gasteiger partial charge is 0.341 e. The van der Waals surface area contributed by atoms with Gasteiger partial charge in [-0.3, -0.25) is 4.79 Å². The number of fused-ring (bicyclic) bond motifs is 2. The fourth-order valence-electron chi connectivity index (χ4n) is 4.60. The van der Waals surface area contributed by atoms with E-state index in [2.05, 4.69) is 17.5 Å². The second-order valence-corrected chi connectivity index (χ2v) is 8.77. The largest absolute Gasteiger partial charge is 0.493 e. The summed E-state index contributed by atoms with van der Waals surface area (Å²) in [6, 6.07) is 4.09. The highest BCUT2D eigenvalue weighted by atomic mass is 16.5. The number of methoxy groups -OCH3 is 1. The van der Waals surface area contributed by atoms with Crippen molar-refractivity contribution in [1.29, 1.82) is 0 Å². The van der Waals surface area contributed by atoms with Crippen molar-refractivity contribution in [3.63, 3.8) is 0 Å². The molecule has 184 valence electrons. The molecular weight excluding hydrogens is 446 g/mol. The number of furan rings is 1. The third-order valence-corrected chi connectivity index (χ3v) is 6.30. The number of ketones is 1. The van der Waals surface area contributed by atoms with Crippen LogP contribution in [0.5, 0.6) is 5.75 Å². The Morgan fingerprint density at radius 3 is 2.77 bits per heavy atom. The molecule has 1 aliphatic heterocycles. The third-order valence-electron chi connectivity index (χ3n) is 6.30. The number of nitrogens with one attached hydrogen (secondary N) is 1. The molecule has 7 nitrogen and oxygen atoms in total. The van der Waals surface area contributed by atoms with Gasteiger partial charge in [0.1, 0.15) is 22.8 Å². The summed E-state index contributed by atoms with van der Waals surface area (Å²) in [5, 5.41) is 12.4. The lowest BCUT2D eigenvalue weighted by Gasteiger charge is -2.19. The lowest BCUT2D eigenvalue weighted by atomic mass is 9.89. The first-order chi connectivity index (χ1) is 16.9. The van der Waals surface area contributed by atoms with Gasteiger partial charge in [-0.25, -0.2) is 4.79 Å². The molecule has 2 N–H and O–H groups in total. The molecular formula is C28H31NO6. The van der Waals surface area contributed by atoms with E-state index >= 15 is 0 Å². The van der Waals surface area contributed by atoms with E-state index in [1.165, 1.54) is 12.3 Å². The van der Waals surface area contributed by atoms with Gasteiger partial charge in [0, 0.05) is 56.0 Å². The highest BCUT2D eigenvalue weighted by molar-refractivity contribution is 6.22. The Hall–Kier alpha value is -3.58. The quantitative estimate of drug-likeness (QED) is 0.440. The normalized spacial score (nSPS) is 18.4. The molecule has 0 atom stereocenters. The van der Waals surface area contributed by atoms with Crippen LogP contribution in [0, 0.1) is 6.92 Å². The number of rotatable bonds is 7. The first-order valence-corrected chi connectivity index (χ1v) is 11.9. The molecule has 2 heterocycles. The van der Waals surface area contributed by atoms with Crippen LogP contribution < -0.4 is 10.1 Å². The predicted molar refractivity (Wildman–Crippen MR) is 134 cm³/mol. The van der Waals surface area contributed by atoms with Crippen molar-refractivity contribution in [2.24, 2.45) is 0 Å². The monoisotopic (exact) mass is 477 g/mol. The molecule has 0 bridgehead atoms. The number of carboxylic acid groups (broad SMARTS) is 1. The summed E-state index contributed by atoms with van der Waals surface area (Å²) in [5.41, 5.74) is 5.27. The fourth-order valence-corrected chi connectivity index (χ4v) is 4.60. The van der Waals surface area contributed by atoms with Crippen LogP contribution >= 0.6 is 0 Å². The zero-order chi connectivity index (χ0) is 24.9. The number of benzene rings is 1. The van der Waals surface area contributed by atoms with E-state index in [0.717, 1.165) is 64.3 Å². The van der Waals surface area contributed by atoms with Gasteiger partial charge in [-0.2, -0.15) is 0 Å². The number of hydrogen-bond acceptors (Lipinski definition) is 6. The second kappa shape index (κ2) is 10.8. The minimum absolute atomic E-state index is 0.281. The standard InChI is InChI=1S/C28H31NO6/c1-17-13-24(30)23(28(31)32)16-29-10-9-19-14-26(34-12-6-11-33-3)22(15-21(17)19)27-18(2)35-25-8-5-4-7-20(25)27/h4,7,13-16,29H,5-6,8-12H2,1-3H3,(H,31,32)/b17-13+,23-16+. The molecule has 0 radical (unpaired) electrons. The Morgan fingerprint density at radius 2 is 2.00 bits per heavy atom. The van der Waals surface area contributed by atoms with Crippen LogP contribution in [0.3, 0.4) is 0 Å². The summed E-state index contributed by atoms with van der Waals surface area (Å²) in [7, 11) is 1.67. The van der Waals surface area contributed by atoms with Crippen LogP contribution in [0.15, 0.2) is 40.5 Å². The summed E-state index contributed by atoms with van der Waals surface area (Å²) in [6.07, 6.45) is 10.1. The summed E-state index contributed by atoms with van der Waals surface area (Å²) >= 11 is 0. The highest BCUT2D eigenvalue weighted by Gasteiger charge is 2.24. The molecule has 35 heavy (non-hydrogen) atoms. The molecule has 1 aromatic carbocycles. The number of ether oxygens (including phenoxy) is 2. The molecule has 0 fully saturated rings. The zero-order valence-corrected chi connectivity index (χ0v) is 20.4. The molecule has 2 aromatic rings. The number of carbonyl (C=O) groups is 2. The van der Waals surface area contributed by atoms with E-state index in [-0.39, 0.29) is 5.57 Å². The molecule has 4 rings (SSSR count). The molecule has 1 aromatic heterocycles. The Kier molecular flexibility index (Phi) is 7.56. The van der Waals surface area contributed by atoms with Gasteiger partial charge in [-0.1, -0.05) is 12.2 Å². The number of carbonyl (C=O) groups excluding carboxylic acids is 1. The van der Waals surface area contributed by atoms with E-state index in [1.807, 2.05) is 26.0 Å². The van der Waals surface area contributed by atoms with E-state index in [4.69, 9.17) is 13.9 Å². The first-order valence-electron chi connectivity index (χ1n) is 11.9. The number of hydrogen-bond donors (Lipinski definition) is 2. The lowest BCUT2D eigenvalue weighted by molar-refractivity contribution is -0.134. The van der Waals surface area contributed by atoms with Crippen molar-refractivity contribution in [2.75, 3.05) is 26.9 Å². The first kappa shape index (κ1) is 24.5. The fraction of sp³-hybridized carbons (Fsp3) is 0.357. The average Bonchev–Trinajstić information content (AvgIpc) is 3.16. The average molecular weight is 478 g/mol. The summed E-state index contributed by atoms with van der Waals surface area (Å²) < 4.78 is 17.6. The minimum Gasteiger partial charge on any atom is -0.493 e. The summed E-state index contributed by atoms with van der Waals surface area (Å²) in [6.45, 7) is 5.39. The van der Waals surface area contributed by atoms with Gasteiger partial charge >= 0.3 is 5.97 Å². The van der Waals surface area contributed by atoms with Crippen LogP contribution in [0.4, 0.5) is 0 Å². The Morgan fingerprint density at radius 1 is 1.17 bits per heavy atom. The molecule has 0 spiro atoms. The van der Waals surface area contributed by atoms with Gasteiger partial charge in [-0.05, 0) is 61.6 Å². The van der Waals surface area contributed by atoms with Gasteiger partial charge in [0.15, 0.2) is 5.78 Å². The summed E-state index contributed by atoms with van der Waals surface area (Å²) in [5.74, 6) is 0.743. The zero-order valence-electron chi connectivity index (χ0n) is 20.4. The Balaban J connectivity index is 1.86. The maximum absolute atomic E-state index is 12.7. The van der Waals surface area contributed by atoms with Gasteiger partial charge in [-0.15, -0.1) is 0 Å². The number of aryl methyl sites for hydroxylation is 2. The van der Waals surface area contributed by atoms with E-state index in [1.54, 1.807) is 7.11 Å². The number of aliphatic carboxylic acids is 1. The maximum atomic E-state index is 12.7. The third kappa shape index (κ3) is 5.25. The molecule has 2 aliphatic rings. The van der Waals surface area contributed by atoms with Gasteiger partial charge in [0.05, 0.1) is 6.61 Å². The maximum Gasteiger partial charge on any atom is 0.341 e. The van der Waals surface area contributed by atoms with Crippen molar-refractivity contribution >= 4 is 23.4 Å². The molecule has 0 unspecified atom stereocenters. The Bertz CT molecular complexity index is 1230. The molecule has 1 aliphatic carbocycles. The van der Waals surface area contributed by atoms with Crippen LogP contribution in [-0.2, 0) is 27.2 Å². The van der Waals surface area contributed by atoms with Crippen LogP contribution in [0.1, 0.15) is 48.0 Å². The van der Waals surface area contributed by atoms with Crippen molar-refractivity contribution in [3.8, 4) is 16.9 Å². The SMILES string of the molecule is COCCCOc1cc2c(cc1-c1c(C)oc3c1C=CCC3)/C(C)=C/C(=O)/C(C(=O)O)=C\NCC2. The van der Waals surface area contributed by atoms with Crippen molar-refractivity contribution in [2.45, 2.75) is 39.5 Å². The van der Waals surface area contributed by atoms with Gasteiger partial charge < -0.3 is 24.3 Å². The van der Waals surface area contributed by atoms with Crippen LogP contribution in [0.25, 0.3) is 22.8 Å². The molecule has 0 saturated heterocycles. The van der Waals surface area contributed by atoms with Crippen LogP contribution in [0.2, 0.25) is 0 Å². The molecule has 0 amide bonds. The topological polar surface area (TPSA) is 98.0 Å². The van der Waals surface area contributed by atoms with Crippen LogP contribution in [-0.4, -0.2) is 43.7 Å². The second-order valence-electron chi connectivity index (χ2n) is 8.77. The van der Waals surface area contributed by atoms with Gasteiger partial charge in [0.2, 0.25) is 0 Å². The predicted octanol–water partition coefficient (Wildman–Crippen LogP) is 4.72. The highest BCUT2D eigenvalue weighted by Crippen LogP contribution is 2.43. The Labute approximate surface area is 205 Å². The minimum atomic E-state index is -1.25. The molecule has 0 saturated carbocycles. The van der Waals surface area contributed by atoms with E-state index in [0.29, 0.717) is 31.8 Å². The number of carboxylic acids is 1. The van der Waals surface area contributed by atoms with Crippen molar-refractivity contribution in [3.05, 3.63) is 64.3 Å². The number of allylic oxidation sites excluding steroid dienone is 3. The van der Waals surface area contributed by atoms with Crippen molar-refractivity contribution in [1.82, 2.24) is 5.32 Å². The van der Waals surface area contributed by atoms with E-state index < -0.39 is 11.8 Å². The molecule has 7 heteroatoms. The summed E-state index contributed by atoms with van der Waals surface area (Å²) in [4.78, 5) is 24.3. The van der Waals surface area contributed by atoms with Gasteiger partial charge in [0.25, 0.3) is 0 Å². The van der Waals surface area contributed by atoms with Crippen molar-refractivity contribution < 1.29 is 28.6 Å².